The fraction of sp³-hybridized carbons (Fsp3) is 0.286. The summed E-state index contributed by atoms with van der Waals surface area (Å²) < 4.78 is 5.21. The van der Waals surface area contributed by atoms with Crippen molar-refractivity contribution >= 4 is 22.9 Å². The summed E-state index contributed by atoms with van der Waals surface area (Å²) in [5.41, 5.74) is 6.25. The highest BCUT2D eigenvalue weighted by Gasteiger charge is 2.27. The number of hydrogen-bond donors (Lipinski definition) is 0. The van der Waals surface area contributed by atoms with Crippen LogP contribution >= 0.6 is 0 Å². The number of para-hydroxylation sites is 1. The molecule has 0 bridgehead atoms. The molecule has 0 saturated carbocycles. The van der Waals surface area contributed by atoms with Gasteiger partial charge in [-0.2, -0.15) is 0 Å². The zero-order valence-electron chi connectivity index (χ0n) is 18.9. The van der Waals surface area contributed by atoms with Gasteiger partial charge in [0, 0.05) is 30.7 Å². The molecule has 1 aliphatic heterocycles. The number of benzene rings is 2. The Hall–Kier alpha value is -3.40. The van der Waals surface area contributed by atoms with E-state index in [1.54, 1.807) is 19.6 Å². The predicted molar refractivity (Wildman–Crippen MR) is 130 cm³/mol. The third kappa shape index (κ3) is 5.08. The van der Waals surface area contributed by atoms with E-state index in [0.29, 0.717) is 0 Å². The maximum atomic E-state index is 12.0. The molecule has 5 rings (SSSR count). The van der Waals surface area contributed by atoms with Crippen LogP contribution in [-0.4, -0.2) is 29.4 Å². The number of nitrogens with zero attached hydrogens (tertiary/aromatic N) is 2. The van der Waals surface area contributed by atoms with Crippen molar-refractivity contribution in [3.63, 3.8) is 0 Å². The van der Waals surface area contributed by atoms with Crippen molar-refractivity contribution in [2.24, 2.45) is 0 Å². The topological polar surface area (TPSA) is 42.4 Å². The van der Waals surface area contributed by atoms with E-state index in [1.165, 1.54) is 30.2 Å². The van der Waals surface area contributed by atoms with E-state index in [-0.39, 0.29) is 5.91 Å². The molecule has 32 heavy (non-hydrogen) atoms. The molecule has 0 unspecified atom stereocenters. The van der Waals surface area contributed by atoms with Gasteiger partial charge in [0.25, 0.3) is 0 Å². The lowest BCUT2D eigenvalue weighted by Gasteiger charge is -2.35. The molecular weight excluding hydrogens is 396 g/mol. The van der Waals surface area contributed by atoms with E-state index in [4.69, 9.17) is 4.74 Å². The molecule has 0 N–H and O–H groups in total. The van der Waals surface area contributed by atoms with Crippen molar-refractivity contribution in [2.75, 3.05) is 13.7 Å². The van der Waals surface area contributed by atoms with Crippen LogP contribution in [-0.2, 0) is 4.79 Å². The lowest BCUT2D eigenvalue weighted by molar-refractivity contribution is -0.126. The van der Waals surface area contributed by atoms with Crippen LogP contribution in [0.25, 0.3) is 17.0 Å². The number of pyridine rings is 1. The van der Waals surface area contributed by atoms with E-state index in [9.17, 15) is 4.79 Å². The number of carbonyl (C=O) groups is 1. The second kappa shape index (κ2) is 10.3. The molecule has 0 atom stereocenters. The number of rotatable bonds is 2. The average molecular weight is 427 g/mol. The molecule has 1 amide bonds. The van der Waals surface area contributed by atoms with Crippen LogP contribution in [0.3, 0.4) is 0 Å². The molecule has 2 aromatic carbocycles. The molecule has 0 radical (unpaired) electrons. The van der Waals surface area contributed by atoms with E-state index >= 15 is 0 Å². The molecule has 4 nitrogen and oxygen atoms in total. The molecule has 2 heterocycles. The summed E-state index contributed by atoms with van der Waals surface area (Å²) in [6, 6.07) is 20.1. The number of amides is 1. The molecule has 0 spiro atoms. The van der Waals surface area contributed by atoms with Gasteiger partial charge in [0.05, 0.1) is 12.6 Å². The van der Waals surface area contributed by atoms with Crippen molar-refractivity contribution < 1.29 is 9.53 Å². The van der Waals surface area contributed by atoms with Gasteiger partial charge in [-0.25, -0.2) is 0 Å². The minimum atomic E-state index is 0.136. The number of aromatic nitrogens is 1. The van der Waals surface area contributed by atoms with Gasteiger partial charge >= 0.3 is 0 Å². The quantitative estimate of drug-likeness (QED) is 0.476. The highest BCUT2D eigenvalue weighted by atomic mass is 16.5. The first-order chi connectivity index (χ1) is 15.7. The SMILES string of the molecule is COc1ccc(C=C2C3=C(CCCC3)CCN2C(C)=O)cc1.c1ccc2ncccc2c1. The largest absolute Gasteiger partial charge is 0.497 e. The van der Waals surface area contributed by atoms with Crippen molar-refractivity contribution in [3.05, 3.63) is 89.3 Å². The van der Waals surface area contributed by atoms with Gasteiger partial charge in [0.1, 0.15) is 5.75 Å². The fourth-order valence-corrected chi connectivity index (χ4v) is 4.45. The Labute approximate surface area is 190 Å². The van der Waals surface area contributed by atoms with E-state index in [1.807, 2.05) is 59.6 Å². The standard InChI is InChI=1S/C19H23NO2.C9H7N/c1-14(21)20-12-11-16-5-3-4-6-18(16)19(20)13-15-7-9-17(22-2)10-8-15;1-2-6-9-8(4-1)5-3-7-10-9/h7-10,13H,3-6,11-12H2,1-2H3;1-7H. The summed E-state index contributed by atoms with van der Waals surface area (Å²) in [6.45, 7) is 2.48. The highest BCUT2D eigenvalue weighted by molar-refractivity contribution is 5.79. The maximum Gasteiger partial charge on any atom is 0.223 e. The first kappa shape index (κ1) is 21.8. The normalized spacial score (nSPS) is 16.9. The summed E-state index contributed by atoms with van der Waals surface area (Å²) >= 11 is 0. The molecule has 4 heteroatoms. The fourth-order valence-electron chi connectivity index (χ4n) is 4.45. The Morgan fingerprint density at radius 3 is 2.47 bits per heavy atom. The van der Waals surface area contributed by atoms with Gasteiger partial charge in [0.2, 0.25) is 5.91 Å². The minimum Gasteiger partial charge on any atom is -0.497 e. The summed E-state index contributed by atoms with van der Waals surface area (Å²) in [4.78, 5) is 18.1. The van der Waals surface area contributed by atoms with Gasteiger partial charge < -0.3 is 9.64 Å². The minimum absolute atomic E-state index is 0.136. The molecule has 0 fully saturated rings. The Balaban J connectivity index is 0.000000203. The first-order valence-corrected chi connectivity index (χ1v) is 11.3. The van der Waals surface area contributed by atoms with Crippen molar-refractivity contribution in [1.82, 2.24) is 9.88 Å². The van der Waals surface area contributed by atoms with E-state index in [0.717, 1.165) is 41.9 Å². The van der Waals surface area contributed by atoms with Crippen LogP contribution in [0, 0.1) is 0 Å². The second-order valence-corrected chi connectivity index (χ2v) is 8.21. The second-order valence-electron chi connectivity index (χ2n) is 8.21. The molecule has 1 aliphatic carbocycles. The zero-order chi connectivity index (χ0) is 22.3. The van der Waals surface area contributed by atoms with Crippen LogP contribution in [0.1, 0.15) is 44.6 Å². The third-order valence-electron chi connectivity index (χ3n) is 6.13. The van der Waals surface area contributed by atoms with Crippen LogP contribution in [0.2, 0.25) is 0 Å². The van der Waals surface area contributed by atoms with Crippen molar-refractivity contribution in [1.29, 1.82) is 0 Å². The van der Waals surface area contributed by atoms with Gasteiger partial charge in [0.15, 0.2) is 0 Å². The molecule has 3 aromatic rings. The predicted octanol–water partition coefficient (Wildman–Crippen LogP) is 6.39. The molecule has 1 aromatic heterocycles. The Kier molecular flexibility index (Phi) is 7.00. The van der Waals surface area contributed by atoms with Gasteiger partial charge in [-0.15, -0.1) is 0 Å². The smallest absolute Gasteiger partial charge is 0.223 e. The van der Waals surface area contributed by atoms with Gasteiger partial charge in [-0.3, -0.25) is 9.78 Å². The number of fused-ring (bicyclic) bond motifs is 1. The summed E-state index contributed by atoms with van der Waals surface area (Å²) in [5.74, 6) is 0.990. The average Bonchev–Trinajstić information content (AvgIpc) is 2.85. The maximum absolute atomic E-state index is 12.0. The summed E-state index contributed by atoms with van der Waals surface area (Å²) in [7, 11) is 1.67. The molecule has 2 aliphatic rings. The number of allylic oxidation sites excluding steroid dienone is 1. The lowest BCUT2D eigenvalue weighted by atomic mass is 9.84. The number of methoxy groups -OCH3 is 1. The summed E-state index contributed by atoms with van der Waals surface area (Å²) in [6.07, 6.45) is 9.80. The molecule has 164 valence electrons. The third-order valence-corrected chi connectivity index (χ3v) is 6.13. The Morgan fingerprint density at radius 1 is 0.969 bits per heavy atom. The number of carbonyl (C=O) groups excluding carboxylic acids is 1. The van der Waals surface area contributed by atoms with Crippen molar-refractivity contribution in [3.8, 4) is 5.75 Å². The monoisotopic (exact) mass is 426 g/mol. The number of hydrogen-bond acceptors (Lipinski definition) is 3. The van der Waals surface area contributed by atoms with E-state index in [2.05, 4.69) is 23.2 Å². The molecule has 0 saturated heterocycles. The summed E-state index contributed by atoms with van der Waals surface area (Å²) in [5, 5.41) is 1.20. The Morgan fingerprint density at radius 2 is 1.72 bits per heavy atom. The zero-order valence-corrected chi connectivity index (χ0v) is 18.9. The van der Waals surface area contributed by atoms with Gasteiger partial charge in [-0.1, -0.05) is 42.0 Å². The van der Waals surface area contributed by atoms with Crippen LogP contribution in [0.4, 0.5) is 0 Å². The molecular formula is C28H30N2O2. The van der Waals surface area contributed by atoms with E-state index < -0.39 is 0 Å². The highest BCUT2D eigenvalue weighted by Crippen LogP contribution is 2.38. The van der Waals surface area contributed by atoms with Crippen LogP contribution < -0.4 is 4.74 Å². The first-order valence-electron chi connectivity index (χ1n) is 11.3. The van der Waals surface area contributed by atoms with Crippen LogP contribution in [0.15, 0.2) is 83.7 Å². The Bertz CT molecular complexity index is 1080. The van der Waals surface area contributed by atoms with Crippen molar-refractivity contribution in [2.45, 2.75) is 39.0 Å². The lowest BCUT2D eigenvalue weighted by Crippen LogP contribution is -2.34. The van der Waals surface area contributed by atoms with Crippen LogP contribution in [0.5, 0.6) is 5.75 Å². The number of ether oxygens (including phenoxy) is 1. The van der Waals surface area contributed by atoms with Gasteiger partial charge in [-0.05, 0) is 73.6 Å².